The summed E-state index contributed by atoms with van der Waals surface area (Å²) in [5, 5.41) is 2.91. The van der Waals surface area contributed by atoms with Gasteiger partial charge in [-0.25, -0.2) is 0 Å². The quantitative estimate of drug-likeness (QED) is 0.832. The molecule has 1 amide bonds. The van der Waals surface area contributed by atoms with Gasteiger partial charge in [0, 0.05) is 12.4 Å². The molecule has 19 heavy (non-hydrogen) atoms. The molecular formula is C16H16ClNO. The molecule has 0 aromatic heterocycles. The van der Waals surface area contributed by atoms with Gasteiger partial charge in [-0.1, -0.05) is 54.6 Å². The van der Waals surface area contributed by atoms with Crippen molar-refractivity contribution in [3.63, 3.8) is 0 Å². The molecule has 2 aromatic carbocycles. The molecule has 3 heteroatoms. The number of benzene rings is 2. The Morgan fingerprint density at radius 1 is 0.895 bits per heavy atom. The highest BCUT2D eigenvalue weighted by atomic mass is 35.5. The Morgan fingerprint density at radius 3 is 2.16 bits per heavy atom. The summed E-state index contributed by atoms with van der Waals surface area (Å²) in [4.78, 5) is 11.8. The van der Waals surface area contributed by atoms with Gasteiger partial charge in [0.25, 0.3) is 0 Å². The van der Waals surface area contributed by atoms with Gasteiger partial charge in [0.15, 0.2) is 0 Å². The second-order valence-corrected chi connectivity index (χ2v) is 4.66. The van der Waals surface area contributed by atoms with Crippen LogP contribution in [0, 0.1) is 0 Å². The van der Waals surface area contributed by atoms with Gasteiger partial charge in [0.2, 0.25) is 5.91 Å². The number of hydrogen-bond acceptors (Lipinski definition) is 1. The lowest BCUT2D eigenvalue weighted by atomic mass is 10.1. The fraction of sp³-hybridized carbons (Fsp3) is 0.188. The Balaban J connectivity index is 1.83. The van der Waals surface area contributed by atoms with Gasteiger partial charge in [0.1, 0.15) is 0 Å². The summed E-state index contributed by atoms with van der Waals surface area (Å²) in [5.74, 6) is 0.531. The van der Waals surface area contributed by atoms with Crippen LogP contribution in [0.1, 0.15) is 16.7 Å². The summed E-state index contributed by atoms with van der Waals surface area (Å²) in [6, 6.07) is 17.7. The number of carbonyl (C=O) groups excluding carboxylic acids is 1. The standard InChI is InChI=1S/C16H16ClNO/c17-11-14-8-6-13(7-9-14)10-16(19)18-12-15-4-2-1-3-5-15/h1-9H,10-12H2,(H,18,19). The van der Waals surface area contributed by atoms with Crippen LogP contribution in [0.25, 0.3) is 0 Å². The van der Waals surface area contributed by atoms with E-state index in [1.165, 1.54) is 0 Å². The first-order valence-corrected chi connectivity index (χ1v) is 6.76. The third kappa shape index (κ3) is 4.42. The molecule has 0 atom stereocenters. The monoisotopic (exact) mass is 273 g/mol. The Morgan fingerprint density at radius 2 is 1.53 bits per heavy atom. The molecule has 2 nitrogen and oxygen atoms in total. The molecule has 0 radical (unpaired) electrons. The number of nitrogens with one attached hydrogen (secondary N) is 1. The molecule has 2 rings (SSSR count). The normalized spacial score (nSPS) is 10.2. The van der Waals surface area contributed by atoms with E-state index >= 15 is 0 Å². The maximum Gasteiger partial charge on any atom is 0.224 e. The average Bonchev–Trinajstić information content (AvgIpc) is 2.47. The number of amides is 1. The van der Waals surface area contributed by atoms with Gasteiger partial charge in [-0.2, -0.15) is 0 Å². The molecule has 0 bridgehead atoms. The third-order valence-corrected chi connectivity index (χ3v) is 3.18. The van der Waals surface area contributed by atoms with Crippen molar-refractivity contribution in [3.05, 3.63) is 71.3 Å². The molecule has 0 aliphatic rings. The highest BCUT2D eigenvalue weighted by molar-refractivity contribution is 6.17. The van der Waals surface area contributed by atoms with Gasteiger partial charge in [-0.05, 0) is 16.7 Å². The van der Waals surface area contributed by atoms with Crippen LogP contribution in [-0.4, -0.2) is 5.91 Å². The van der Waals surface area contributed by atoms with Crippen molar-refractivity contribution in [2.45, 2.75) is 18.8 Å². The Labute approximate surface area is 118 Å². The Kier molecular flexibility index (Phi) is 4.99. The summed E-state index contributed by atoms with van der Waals surface area (Å²) in [7, 11) is 0. The van der Waals surface area contributed by atoms with E-state index in [0.29, 0.717) is 18.8 Å². The van der Waals surface area contributed by atoms with E-state index in [2.05, 4.69) is 5.32 Å². The minimum Gasteiger partial charge on any atom is -0.352 e. The van der Waals surface area contributed by atoms with Crippen molar-refractivity contribution in [3.8, 4) is 0 Å². The van der Waals surface area contributed by atoms with Gasteiger partial charge in [-0.15, -0.1) is 11.6 Å². The molecule has 98 valence electrons. The van der Waals surface area contributed by atoms with Crippen molar-refractivity contribution in [1.29, 1.82) is 0 Å². The molecule has 0 heterocycles. The lowest BCUT2D eigenvalue weighted by molar-refractivity contribution is -0.120. The zero-order chi connectivity index (χ0) is 13.5. The van der Waals surface area contributed by atoms with Gasteiger partial charge < -0.3 is 5.32 Å². The van der Waals surface area contributed by atoms with E-state index in [1.54, 1.807) is 0 Å². The first kappa shape index (κ1) is 13.6. The number of hydrogen-bond donors (Lipinski definition) is 1. The van der Waals surface area contributed by atoms with Crippen LogP contribution in [-0.2, 0) is 23.6 Å². The fourth-order valence-corrected chi connectivity index (χ4v) is 1.97. The second-order valence-electron chi connectivity index (χ2n) is 4.39. The SMILES string of the molecule is O=C(Cc1ccc(CCl)cc1)NCc1ccccc1. The van der Waals surface area contributed by atoms with E-state index in [4.69, 9.17) is 11.6 Å². The first-order chi connectivity index (χ1) is 9.28. The van der Waals surface area contributed by atoms with Crippen molar-refractivity contribution >= 4 is 17.5 Å². The van der Waals surface area contributed by atoms with Crippen molar-refractivity contribution < 1.29 is 4.79 Å². The zero-order valence-electron chi connectivity index (χ0n) is 10.6. The number of alkyl halides is 1. The van der Waals surface area contributed by atoms with Crippen LogP contribution in [0.15, 0.2) is 54.6 Å². The molecule has 0 spiro atoms. The minimum atomic E-state index is 0.0301. The van der Waals surface area contributed by atoms with Crippen molar-refractivity contribution in [2.75, 3.05) is 0 Å². The van der Waals surface area contributed by atoms with E-state index < -0.39 is 0 Å². The van der Waals surface area contributed by atoms with Gasteiger partial charge >= 0.3 is 0 Å². The van der Waals surface area contributed by atoms with Crippen LogP contribution >= 0.6 is 11.6 Å². The summed E-state index contributed by atoms with van der Waals surface area (Å²) in [6.45, 7) is 0.569. The van der Waals surface area contributed by atoms with Crippen LogP contribution in [0.4, 0.5) is 0 Å². The third-order valence-electron chi connectivity index (χ3n) is 2.87. The van der Waals surface area contributed by atoms with Crippen molar-refractivity contribution in [1.82, 2.24) is 5.32 Å². The van der Waals surface area contributed by atoms with Gasteiger partial charge in [0.05, 0.1) is 6.42 Å². The summed E-state index contributed by atoms with van der Waals surface area (Å²) in [6.07, 6.45) is 0.398. The number of halogens is 1. The van der Waals surface area contributed by atoms with E-state index in [1.807, 2.05) is 54.6 Å². The zero-order valence-corrected chi connectivity index (χ0v) is 11.4. The van der Waals surface area contributed by atoms with Crippen molar-refractivity contribution in [2.24, 2.45) is 0 Å². The number of carbonyl (C=O) groups is 1. The first-order valence-electron chi connectivity index (χ1n) is 6.22. The molecular weight excluding hydrogens is 258 g/mol. The minimum absolute atomic E-state index is 0.0301. The van der Waals surface area contributed by atoms with E-state index in [-0.39, 0.29) is 5.91 Å². The highest BCUT2D eigenvalue weighted by Gasteiger charge is 2.03. The Hall–Kier alpha value is -1.80. The van der Waals surface area contributed by atoms with Crippen LogP contribution < -0.4 is 5.32 Å². The molecule has 2 aromatic rings. The molecule has 1 N–H and O–H groups in total. The molecule has 0 saturated carbocycles. The van der Waals surface area contributed by atoms with Crippen LogP contribution in [0.2, 0.25) is 0 Å². The number of rotatable bonds is 5. The summed E-state index contributed by atoms with van der Waals surface area (Å²) in [5.41, 5.74) is 3.17. The van der Waals surface area contributed by atoms with E-state index in [9.17, 15) is 4.79 Å². The molecule has 0 saturated heterocycles. The molecule has 0 fully saturated rings. The largest absolute Gasteiger partial charge is 0.352 e. The lowest BCUT2D eigenvalue weighted by Gasteiger charge is -2.06. The topological polar surface area (TPSA) is 29.1 Å². The fourth-order valence-electron chi connectivity index (χ4n) is 1.79. The summed E-state index contributed by atoms with van der Waals surface area (Å²) < 4.78 is 0. The smallest absolute Gasteiger partial charge is 0.224 e. The van der Waals surface area contributed by atoms with Crippen LogP contribution in [0.3, 0.4) is 0 Å². The molecule has 0 unspecified atom stereocenters. The predicted molar refractivity (Wildman–Crippen MR) is 78.0 cm³/mol. The second kappa shape index (κ2) is 6.95. The van der Waals surface area contributed by atoms with Gasteiger partial charge in [-0.3, -0.25) is 4.79 Å². The van der Waals surface area contributed by atoms with Crippen LogP contribution in [0.5, 0.6) is 0 Å². The molecule has 0 aliphatic carbocycles. The summed E-state index contributed by atoms with van der Waals surface area (Å²) >= 11 is 5.72. The maximum atomic E-state index is 11.8. The Bertz CT molecular complexity index is 522. The van der Waals surface area contributed by atoms with E-state index in [0.717, 1.165) is 16.7 Å². The lowest BCUT2D eigenvalue weighted by Crippen LogP contribution is -2.24. The predicted octanol–water partition coefficient (Wildman–Crippen LogP) is 3.28. The highest BCUT2D eigenvalue weighted by Crippen LogP contribution is 2.07. The maximum absolute atomic E-state index is 11.8. The molecule has 0 aliphatic heterocycles. The average molecular weight is 274 g/mol.